The van der Waals surface area contributed by atoms with Gasteiger partial charge in [-0.1, -0.05) is 24.3 Å². The first-order valence-corrected chi connectivity index (χ1v) is 14.1. The molecule has 10 nitrogen and oxygen atoms in total. The van der Waals surface area contributed by atoms with Gasteiger partial charge in [0.05, 0.1) is 26.9 Å². The van der Waals surface area contributed by atoms with Gasteiger partial charge in [-0.25, -0.2) is 4.79 Å². The maximum absolute atomic E-state index is 13.4. The minimum atomic E-state index is -0.564. The minimum absolute atomic E-state index is 0.00792. The van der Waals surface area contributed by atoms with Crippen LogP contribution in [0.5, 0.6) is 23.0 Å². The second kappa shape index (κ2) is 13.5. The van der Waals surface area contributed by atoms with E-state index < -0.39 is 12.1 Å². The number of ether oxygens (including phenoxy) is 5. The van der Waals surface area contributed by atoms with Crippen LogP contribution in [-0.2, 0) is 16.0 Å². The Morgan fingerprint density at radius 3 is 2.26 bits per heavy atom. The lowest BCUT2D eigenvalue weighted by atomic mass is 10.0. The quantitative estimate of drug-likeness (QED) is 0.340. The molecule has 1 fully saturated rings. The van der Waals surface area contributed by atoms with E-state index >= 15 is 0 Å². The monoisotopic (exact) mass is 575 g/mol. The Bertz CT molecular complexity index is 1370. The highest BCUT2D eigenvalue weighted by molar-refractivity contribution is 5.94. The Morgan fingerprint density at radius 2 is 1.60 bits per heavy atom. The van der Waals surface area contributed by atoms with Crippen molar-refractivity contribution in [2.45, 2.75) is 18.9 Å². The standard InChI is InChI=1S/C32H37N3O7/c1-38-28-17-23(18-29(39-2)31(28)40-3)32(37)42-26(20-34-13-15-35(16-14-34)24-7-5-4-6-8-24)21-41-25-11-9-22-10-12-30(36)33-27(22)19-25/h4-9,11,17-19,26H,10,12-16,20-21H2,1-3H3,(H,33,36). The van der Waals surface area contributed by atoms with Gasteiger partial charge in [0.25, 0.3) is 0 Å². The summed E-state index contributed by atoms with van der Waals surface area (Å²) in [7, 11) is 4.51. The molecule has 42 heavy (non-hydrogen) atoms. The van der Waals surface area contributed by atoms with Crippen molar-refractivity contribution in [1.29, 1.82) is 0 Å². The molecule has 222 valence electrons. The van der Waals surface area contributed by atoms with Crippen molar-refractivity contribution < 1.29 is 33.3 Å². The first-order valence-electron chi connectivity index (χ1n) is 14.1. The van der Waals surface area contributed by atoms with E-state index in [1.807, 2.05) is 36.4 Å². The summed E-state index contributed by atoms with van der Waals surface area (Å²) in [6.07, 6.45) is 0.611. The van der Waals surface area contributed by atoms with Gasteiger partial charge in [0.15, 0.2) is 11.5 Å². The summed E-state index contributed by atoms with van der Waals surface area (Å²) < 4.78 is 28.4. The number of carbonyl (C=O) groups excluding carboxylic acids is 2. The number of hydrogen-bond donors (Lipinski definition) is 1. The number of hydrogen-bond acceptors (Lipinski definition) is 9. The highest BCUT2D eigenvalue weighted by atomic mass is 16.6. The van der Waals surface area contributed by atoms with Gasteiger partial charge < -0.3 is 33.9 Å². The zero-order chi connectivity index (χ0) is 29.5. The Balaban J connectivity index is 1.30. The van der Waals surface area contributed by atoms with Gasteiger partial charge >= 0.3 is 5.97 Å². The molecule has 10 heteroatoms. The van der Waals surface area contributed by atoms with Gasteiger partial charge in [0.2, 0.25) is 11.7 Å². The first kappa shape index (κ1) is 29.1. The number of nitrogens with one attached hydrogen (secondary N) is 1. The lowest BCUT2D eigenvalue weighted by Gasteiger charge is -2.37. The third-order valence-electron chi connectivity index (χ3n) is 7.54. The molecule has 3 aromatic rings. The second-order valence-corrected chi connectivity index (χ2v) is 10.2. The van der Waals surface area contributed by atoms with Gasteiger partial charge in [-0.05, 0) is 42.3 Å². The highest BCUT2D eigenvalue weighted by Crippen LogP contribution is 2.38. The van der Waals surface area contributed by atoms with Crippen LogP contribution in [0.4, 0.5) is 11.4 Å². The molecule has 0 spiro atoms. The summed E-state index contributed by atoms with van der Waals surface area (Å²) in [5.74, 6) is 1.19. The molecule has 2 heterocycles. The zero-order valence-corrected chi connectivity index (χ0v) is 24.3. The van der Waals surface area contributed by atoms with Crippen LogP contribution in [0.2, 0.25) is 0 Å². The molecule has 2 aliphatic rings. The minimum Gasteiger partial charge on any atom is -0.493 e. The van der Waals surface area contributed by atoms with Crippen LogP contribution in [0.3, 0.4) is 0 Å². The molecule has 2 aliphatic heterocycles. The third-order valence-corrected chi connectivity index (χ3v) is 7.54. The van der Waals surface area contributed by atoms with Crippen LogP contribution in [0.25, 0.3) is 0 Å². The van der Waals surface area contributed by atoms with Crippen LogP contribution in [-0.4, -0.2) is 83.5 Å². The van der Waals surface area contributed by atoms with Crippen molar-refractivity contribution in [1.82, 2.24) is 4.90 Å². The first-order chi connectivity index (χ1) is 20.5. The van der Waals surface area contributed by atoms with Crippen molar-refractivity contribution in [3.63, 3.8) is 0 Å². The largest absolute Gasteiger partial charge is 0.493 e. The summed E-state index contributed by atoms with van der Waals surface area (Å²) in [5.41, 5.74) is 3.31. The fourth-order valence-electron chi connectivity index (χ4n) is 5.29. The molecule has 0 radical (unpaired) electrons. The van der Waals surface area contributed by atoms with Crippen molar-refractivity contribution >= 4 is 23.3 Å². The molecule has 1 atom stereocenters. The Morgan fingerprint density at radius 1 is 0.881 bits per heavy atom. The fourth-order valence-corrected chi connectivity index (χ4v) is 5.29. The number of carbonyl (C=O) groups is 2. The summed E-state index contributed by atoms with van der Waals surface area (Å²) in [4.78, 5) is 29.9. The summed E-state index contributed by atoms with van der Waals surface area (Å²) in [6, 6.07) is 19.2. The molecule has 0 aromatic heterocycles. The Kier molecular flexibility index (Phi) is 9.33. The number of piperazine rings is 1. The molecule has 0 bridgehead atoms. The molecule has 1 saturated heterocycles. The van der Waals surface area contributed by atoms with E-state index in [4.69, 9.17) is 23.7 Å². The molecule has 1 N–H and O–H groups in total. The van der Waals surface area contributed by atoms with Crippen LogP contribution in [0.1, 0.15) is 22.3 Å². The van der Waals surface area contributed by atoms with E-state index in [0.29, 0.717) is 42.4 Å². The molecule has 5 rings (SSSR count). The van der Waals surface area contributed by atoms with Crippen molar-refractivity contribution in [3.8, 4) is 23.0 Å². The van der Waals surface area contributed by atoms with Gasteiger partial charge in [-0.15, -0.1) is 0 Å². The normalized spacial score (nSPS) is 15.7. The average Bonchev–Trinajstić information content (AvgIpc) is 3.03. The number of benzene rings is 3. The van der Waals surface area contributed by atoms with Crippen LogP contribution >= 0.6 is 0 Å². The molecule has 1 unspecified atom stereocenters. The van der Waals surface area contributed by atoms with E-state index in [1.54, 1.807) is 12.1 Å². The molecule has 3 aromatic carbocycles. The van der Waals surface area contributed by atoms with E-state index in [2.05, 4.69) is 27.2 Å². The number of amides is 1. The van der Waals surface area contributed by atoms with E-state index in [1.165, 1.54) is 27.0 Å². The predicted molar refractivity (Wildman–Crippen MR) is 159 cm³/mol. The molecule has 1 amide bonds. The summed E-state index contributed by atoms with van der Waals surface area (Å²) >= 11 is 0. The van der Waals surface area contributed by atoms with E-state index in [0.717, 1.165) is 37.4 Å². The maximum atomic E-state index is 13.4. The van der Waals surface area contributed by atoms with Gasteiger partial charge in [-0.3, -0.25) is 9.69 Å². The maximum Gasteiger partial charge on any atom is 0.338 e. The summed E-state index contributed by atoms with van der Waals surface area (Å²) in [6.45, 7) is 4.00. The lowest BCUT2D eigenvalue weighted by Crippen LogP contribution is -2.50. The van der Waals surface area contributed by atoms with E-state index in [-0.39, 0.29) is 18.1 Å². The number of esters is 1. The zero-order valence-electron chi connectivity index (χ0n) is 24.3. The van der Waals surface area contributed by atoms with Gasteiger partial charge in [-0.2, -0.15) is 0 Å². The number of rotatable bonds is 11. The average molecular weight is 576 g/mol. The van der Waals surface area contributed by atoms with Crippen molar-refractivity contribution in [2.24, 2.45) is 0 Å². The smallest absolute Gasteiger partial charge is 0.338 e. The SMILES string of the molecule is COc1cc(C(=O)OC(COc2ccc3c(c2)NC(=O)CC3)CN2CCN(c3ccccc3)CC2)cc(OC)c1OC. The molecular weight excluding hydrogens is 538 g/mol. The highest BCUT2D eigenvalue weighted by Gasteiger charge is 2.26. The number of fused-ring (bicyclic) bond motifs is 1. The number of anilines is 2. The van der Waals surface area contributed by atoms with Gasteiger partial charge in [0, 0.05) is 56.6 Å². The lowest BCUT2D eigenvalue weighted by molar-refractivity contribution is -0.116. The van der Waals surface area contributed by atoms with Crippen LogP contribution in [0, 0.1) is 0 Å². The third kappa shape index (κ3) is 6.88. The summed E-state index contributed by atoms with van der Waals surface area (Å²) in [5, 5.41) is 2.90. The number of nitrogens with zero attached hydrogens (tertiary/aromatic N) is 2. The fraction of sp³-hybridized carbons (Fsp3) is 0.375. The number of methoxy groups -OCH3 is 3. The van der Waals surface area contributed by atoms with E-state index in [9.17, 15) is 9.59 Å². The molecular formula is C32H37N3O7. The van der Waals surface area contributed by atoms with Crippen molar-refractivity contribution in [2.75, 3.05) is 70.9 Å². The van der Waals surface area contributed by atoms with Crippen LogP contribution < -0.4 is 29.2 Å². The van der Waals surface area contributed by atoms with Crippen molar-refractivity contribution in [3.05, 3.63) is 71.8 Å². The second-order valence-electron chi connectivity index (χ2n) is 10.2. The molecule has 0 saturated carbocycles. The topological polar surface area (TPSA) is 98.8 Å². The number of aryl methyl sites for hydroxylation is 1. The molecule has 0 aliphatic carbocycles. The predicted octanol–water partition coefficient (Wildman–Crippen LogP) is 4.02. The Labute approximate surface area is 246 Å². The number of para-hydroxylation sites is 1. The van der Waals surface area contributed by atoms with Crippen LogP contribution in [0.15, 0.2) is 60.7 Å². The Hall–Kier alpha value is -4.44. The van der Waals surface area contributed by atoms with Gasteiger partial charge in [0.1, 0.15) is 18.5 Å².